The number of hydrogen-bond donors (Lipinski definition) is 1. The summed E-state index contributed by atoms with van der Waals surface area (Å²) in [5, 5.41) is 15.4. The van der Waals surface area contributed by atoms with Gasteiger partial charge in [0.2, 0.25) is 0 Å². The van der Waals surface area contributed by atoms with Crippen LogP contribution in [0.3, 0.4) is 0 Å². The molecule has 18 heavy (non-hydrogen) atoms. The van der Waals surface area contributed by atoms with Gasteiger partial charge in [-0.05, 0) is 24.3 Å². The van der Waals surface area contributed by atoms with Crippen molar-refractivity contribution < 1.29 is 9.60 Å². The smallest absolute Gasteiger partial charge is 0.188 e. The maximum Gasteiger partial charge on any atom is 0.188 e. The molecule has 0 unspecified atom stereocenters. The Balaban J connectivity index is 2.15. The average molecular weight is 243 g/mol. The summed E-state index contributed by atoms with van der Waals surface area (Å²) in [6, 6.07) is 16.0. The minimum atomic E-state index is 0.458. The first-order valence-corrected chi connectivity index (χ1v) is 5.43. The number of benzene rings is 2. The van der Waals surface area contributed by atoms with Crippen LogP contribution in [0.25, 0.3) is 0 Å². The summed E-state index contributed by atoms with van der Waals surface area (Å²) in [5.74, 6) is 0.628. The molecule has 1 N–H and O–H groups in total. The highest BCUT2D eigenvalue weighted by atomic mass is 16.5. The van der Waals surface area contributed by atoms with Gasteiger partial charge in [-0.3, -0.25) is 0 Å². The van der Waals surface area contributed by atoms with Gasteiger partial charge in [-0.1, -0.05) is 30.3 Å². The second-order valence-electron chi connectivity index (χ2n) is 3.52. The van der Waals surface area contributed by atoms with Gasteiger partial charge in [0.1, 0.15) is 0 Å². The molecule has 0 saturated heterocycles. The number of nitrogens with zero attached hydrogens (tertiary/aromatic N) is 2. The lowest BCUT2D eigenvalue weighted by molar-refractivity contribution is -0.439. The van der Waals surface area contributed by atoms with Gasteiger partial charge >= 0.3 is 0 Å². The summed E-state index contributed by atoms with van der Waals surface area (Å²) in [5.41, 5.74) is 3.77. The van der Waals surface area contributed by atoms with E-state index in [-0.39, 0.29) is 0 Å². The second kappa shape index (κ2) is 5.67. The summed E-state index contributed by atoms with van der Waals surface area (Å²) in [6.07, 6.45) is 0. The Morgan fingerprint density at radius 3 is 2.44 bits per heavy atom. The summed E-state index contributed by atoms with van der Waals surface area (Å²) in [4.78, 5) is 0.520. The van der Waals surface area contributed by atoms with Crippen LogP contribution >= 0.6 is 0 Å². The van der Waals surface area contributed by atoms with Gasteiger partial charge in [0.25, 0.3) is 0 Å². The highest BCUT2D eigenvalue weighted by Gasteiger charge is 2.04. The molecule has 2 rings (SSSR count). The van der Waals surface area contributed by atoms with Crippen molar-refractivity contribution in [2.24, 2.45) is 5.22 Å². The number of rotatable bonds is 4. The Labute approximate surface area is 105 Å². The maximum absolute atomic E-state index is 11.7. The van der Waals surface area contributed by atoms with E-state index < -0.39 is 0 Å². The number of para-hydroxylation sites is 3. The van der Waals surface area contributed by atoms with Crippen LogP contribution in [0.4, 0.5) is 11.4 Å². The Bertz CT molecular complexity index is 541. The third kappa shape index (κ3) is 2.76. The number of nitrogens with one attached hydrogen (secondary N) is 1. The molecule has 0 radical (unpaired) electrons. The van der Waals surface area contributed by atoms with Crippen LogP contribution in [0.2, 0.25) is 0 Å². The molecule has 2 aromatic carbocycles. The van der Waals surface area contributed by atoms with Gasteiger partial charge in [0.15, 0.2) is 17.1 Å². The maximum atomic E-state index is 11.7. The van der Waals surface area contributed by atoms with Crippen LogP contribution in [-0.4, -0.2) is 12.0 Å². The Morgan fingerprint density at radius 2 is 1.72 bits per heavy atom. The number of anilines is 1. The molecule has 0 atom stereocenters. The molecule has 0 aliphatic heterocycles. The average Bonchev–Trinajstić information content (AvgIpc) is 2.46. The first kappa shape index (κ1) is 11.9. The zero-order valence-electron chi connectivity index (χ0n) is 9.91. The van der Waals surface area contributed by atoms with Gasteiger partial charge in [0, 0.05) is 0 Å². The largest absolute Gasteiger partial charge is 0.691 e. The quantitative estimate of drug-likeness (QED) is 0.509. The molecule has 0 spiro atoms. The minimum Gasteiger partial charge on any atom is -0.691 e. The summed E-state index contributed by atoms with van der Waals surface area (Å²) >= 11 is 0. The van der Waals surface area contributed by atoms with E-state index in [0.717, 1.165) is 0 Å². The first-order chi connectivity index (χ1) is 8.81. The van der Waals surface area contributed by atoms with Gasteiger partial charge in [0.05, 0.1) is 12.3 Å². The molecule has 0 heterocycles. The summed E-state index contributed by atoms with van der Waals surface area (Å²) in [7, 11) is 1.56. The van der Waals surface area contributed by atoms with E-state index in [4.69, 9.17) is 4.74 Å². The second-order valence-corrected chi connectivity index (χ2v) is 3.52. The highest BCUT2D eigenvalue weighted by Crippen LogP contribution is 2.23. The van der Waals surface area contributed by atoms with E-state index in [0.29, 0.717) is 22.0 Å². The molecular formula is C13H13N3O2. The Morgan fingerprint density at radius 1 is 1.06 bits per heavy atom. The molecule has 5 heteroatoms. The predicted molar refractivity (Wildman–Crippen MR) is 68.8 cm³/mol. The van der Waals surface area contributed by atoms with Crippen LogP contribution in [-0.2, 0) is 0 Å². The van der Waals surface area contributed by atoms with Crippen LogP contribution in [0.15, 0.2) is 59.8 Å². The van der Waals surface area contributed by atoms with Crippen molar-refractivity contribution in [3.8, 4) is 5.75 Å². The minimum absolute atomic E-state index is 0.458. The molecule has 0 aliphatic rings. The van der Waals surface area contributed by atoms with E-state index in [1.807, 2.05) is 18.2 Å². The van der Waals surface area contributed by atoms with Crippen molar-refractivity contribution in [2.75, 3.05) is 12.5 Å². The molecule has 0 saturated carbocycles. The molecule has 0 aliphatic carbocycles. The zero-order valence-corrected chi connectivity index (χ0v) is 9.91. The lowest BCUT2D eigenvalue weighted by Crippen LogP contribution is -1.99. The molecule has 5 nitrogen and oxygen atoms in total. The predicted octanol–water partition coefficient (Wildman–Crippen LogP) is 3.32. The molecular weight excluding hydrogens is 230 g/mol. The molecule has 0 amide bonds. The van der Waals surface area contributed by atoms with E-state index in [9.17, 15) is 5.21 Å². The van der Waals surface area contributed by atoms with Crippen molar-refractivity contribution in [1.82, 2.24) is 0 Å². The van der Waals surface area contributed by atoms with Crippen molar-refractivity contribution in [3.63, 3.8) is 0 Å². The fraction of sp³-hybridized carbons (Fsp3) is 0.0769. The Kier molecular flexibility index (Phi) is 3.76. The number of hydrogen-bond acceptors (Lipinski definition) is 3. The Hall–Kier alpha value is -2.56. The SMILES string of the molecule is COc1ccccc1N/N=[N+](\[O-])c1ccccc1. The molecule has 0 bridgehead atoms. The monoisotopic (exact) mass is 243 g/mol. The topological polar surface area (TPSA) is 59.7 Å². The summed E-state index contributed by atoms with van der Waals surface area (Å²) in [6.45, 7) is 0. The first-order valence-electron chi connectivity index (χ1n) is 5.43. The lowest BCUT2D eigenvalue weighted by Gasteiger charge is -2.06. The number of methoxy groups -OCH3 is 1. The standard InChI is InChI=1S/C13H13N3O2/c1-18-13-10-6-5-9-12(13)14-15-16(17)11-7-3-2-4-8-11/h2-10,14H,1H3/b16-15-. The van der Waals surface area contributed by atoms with Crippen LogP contribution in [0.5, 0.6) is 5.75 Å². The van der Waals surface area contributed by atoms with Crippen molar-refractivity contribution in [1.29, 1.82) is 0 Å². The van der Waals surface area contributed by atoms with Crippen LogP contribution in [0.1, 0.15) is 0 Å². The van der Waals surface area contributed by atoms with E-state index in [2.05, 4.69) is 10.6 Å². The van der Waals surface area contributed by atoms with Crippen molar-refractivity contribution in [2.45, 2.75) is 0 Å². The van der Waals surface area contributed by atoms with Gasteiger partial charge in [-0.2, -0.15) is 0 Å². The normalized spacial score (nSPS) is 11.1. The zero-order chi connectivity index (χ0) is 12.8. The molecule has 92 valence electrons. The molecule has 0 aromatic heterocycles. The highest BCUT2D eigenvalue weighted by molar-refractivity contribution is 5.55. The van der Waals surface area contributed by atoms with E-state index in [1.54, 1.807) is 43.5 Å². The third-order valence-electron chi connectivity index (χ3n) is 2.35. The van der Waals surface area contributed by atoms with Gasteiger partial charge in [-0.15, -0.1) is 10.3 Å². The van der Waals surface area contributed by atoms with E-state index >= 15 is 0 Å². The van der Waals surface area contributed by atoms with E-state index in [1.165, 1.54) is 0 Å². The van der Waals surface area contributed by atoms with Crippen LogP contribution < -0.4 is 10.2 Å². The lowest BCUT2D eigenvalue weighted by atomic mass is 10.3. The molecule has 0 fully saturated rings. The summed E-state index contributed by atoms with van der Waals surface area (Å²) < 4.78 is 5.14. The molecule has 2 aromatic rings. The third-order valence-corrected chi connectivity index (χ3v) is 2.35. The number of ether oxygens (including phenoxy) is 1. The van der Waals surface area contributed by atoms with Crippen molar-refractivity contribution >= 4 is 11.4 Å². The fourth-order valence-corrected chi connectivity index (χ4v) is 1.45. The fourth-order valence-electron chi connectivity index (χ4n) is 1.45. The van der Waals surface area contributed by atoms with Gasteiger partial charge in [-0.25, -0.2) is 0 Å². The van der Waals surface area contributed by atoms with Crippen molar-refractivity contribution in [3.05, 3.63) is 59.8 Å². The van der Waals surface area contributed by atoms with Crippen LogP contribution in [0, 0.1) is 5.21 Å². The van der Waals surface area contributed by atoms with Gasteiger partial charge < -0.3 is 9.94 Å².